The van der Waals surface area contributed by atoms with Gasteiger partial charge in [0.2, 0.25) is 0 Å². The van der Waals surface area contributed by atoms with Gasteiger partial charge in [0.1, 0.15) is 0 Å². The van der Waals surface area contributed by atoms with E-state index in [0.29, 0.717) is 0 Å². The third-order valence-electron chi connectivity index (χ3n) is 4.86. The maximum absolute atomic E-state index is 12.1. The molecule has 0 fully saturated rings. The van der Waals surface area contributed by atoms with Crippen LogP contribution < -0.4 is 10.7 Å². The molecule has 30 heavy (non-hydrogen) atoms. The van der Waals surface area contributed by atoms with Crippen molar-refractivity contribution in [3.63, 3.8) is 0 Å². The van der Waals surface area contributed by atoms with Crippen molar-refractivity contribution < 1.29 is 4.79 Å². The molecule has 1 amide bonds. The standard InChI is InChI=1S/C24H19Br2N3O/c1-15-22(25)8-16(9-23(15)26)13-28-29-24(30)14-27-21-7-6-19-10-17-4-2-3-5-18(17)11-20(19)12-21/h2-13,27H,14H2,1H3,(H,29,30)/b28-13-. The van der Waals surface area contributed by atoms with E-state index in [9.17, 15) is 4.79 Å². The highest BCUT2D eigenvalue weighted by molar-refractivity contribution is 9.11. The number of hydrogen-bond acceptors (Lipinski definition) is 3. The summed E-state index contributed by atoms with van der Waals surface area (Å²) in [6.07, 6.45) is 1.62. The van der Waals surface area contributed by atoms with Gasteiger partial charge >= 0.3 is 0 Å². The average molecular weight is 525 g/mol. The lowest BCUT2D eigenvalue weighted by Crippen LogP contribution is -2.25. The van der Waals surface area contributed by atoms with Crippen molar-refractivity contribution in [3.8, 4) is 0 Å². The summed E-state index contributed by atoms with van der Waals surface area (Å²) in [4.78, 5) is 12.1. The Morgan fingerprint density at radius 1 is 0.900 bits per heavy atom. The number of fused-ring (bicyclic) bond motifs is 2. The summed E-state index contributed by atoms with van der Waals surface area (Å²) in [5.41, 5.74) is 5.44. The summed E-state index contributed by atoms with van der Waals surface area (Å²) < 4.78 is 1.96. The second-order valence-electron chi connectivity index (χ2n) is 7.02. The first kappa shape index (κ1) is 20.6. The molecule has 0 radical (unpaired) electrons. The van der Waals surface area contributed by atoms with Crippen molar-refractivity contribution in [1.82, 2.24) is 5.43 Å². The first-order valence-corrected chi connectivity index (χ1v) is 11.0. The number of anilines is 1. The van der Waals surface area contributed by atoms with Gasteiger partial charge in [-0.2, -0.15) is 5.10 Å². The Kier molecular flexibility index (Phi) is 6.16. The van der Waals surface area contributed by atoms with Gasteiger partial charge in [0, 0.05) is 14.6 Å². The topological polar surface area (TPSA) is 53.5 Å². The number of amides is 1. The second kappa shape index (κ2) is 8.98. The van der Waals surface area contributed by atoms with Crippen LogP contribution in [0.1, 0.15) is 11.1 Å². The predicted molar refractivity (Wildman–Crippen MR) is 132 cm³/mol. The maximum Gasteiger partial charge on any atom is 0.259 e. The molecule has 0 bridgehead atoms. The van der Waals surface area contributed by atoms with E-state index in [1.807, 2.05) is 37.3 Å². The lowest BCUT2D eigenvalue weighted by atomic mass is 10.0. The fourth-order valence-corrected chi connectivity index (χ4v) is 4.41. The molecular weight excluding hydrogens is 506 g/mol. The summed E-state index contributed by atoms with van der Waals surface area (Å²) in [5.74, 6) is -0.213. The van der Waals surface area contributed by atoms with Crippen LogP contribution in [0.4, 0.5) is 5.69 Å². The highest BCUT2D eigenvalue weighted by atomic mass is 79.9. The quantitative estimate of drug-likeness (QED) is 0.180. The van der Waals surface area contributed by atoms with E-state index >= 15 is 0 Å². The minimum Gasteiger partial charge on any atom is -0.376 e. The number of halogens is 2. The Morgan fingerprint density at radius 2 is 1.53 bits per heavy atom. The summed E-state index contributed by atoms with van der Waals surface area (Å²) in [6.45, 7) is 2.15. The molecule has 0 aliphatic carbocycles. The summed E-state index contributed by atoms with van der Waals surface area (Å²) >= 11 is 7.02. The SMILES string of the molecule is Cc1c(Br)cc(/C=N\NC(=O)CNc2ccc3cc4ccccc4cc3c2)cc1Br. The van der Waals surface area contributed by atoms with Gasteiger partial charge in [-0.05, 0) is 76.0 Å². The molecular formula is C24H19Br2N3O. The third-order valence-corrected chi connectivity index (χ3v) is 6.51. The highest BCUT2D eigenvalue weighted by Crippen LogP contribution is 2.26. The Balaban J connectivity index is 1.38. The van der Waals surface area contributed by atoms with Crippen LogP contribution in [-0.4, -0.2) is 18.7 Å². The third kappa shape index (κ3) is 4.71. The normalized spacial score (nSPS) is 11.3. The molecule has 0 heterocycles. The van der Waals surface area contributed by atoms with E-state index in [4.69, 9.17) is 0 Å². The summed E-state index contributed by atoms with van der Waals surface area (Å²) in [7, 11) is 0. The number of carbonyl (C=O) groups is 1. The van der Waals surface area contributed by atoms with Gasteiger partial charge in [0.15, 0.2) is 0 Å². The molecule has 4 aromatic carbocycles. The molecule has 0 aliphatic rings. The van der Waals surface area contributed by atoms with Crippen LogP contribution in [0.3, 0.4) is 0 Å². The van der Waals surface area contributed by atoms with E-state index in [0.717, 1.165) is 31.1 Å². The Labute approximate surface area is 191 Å². The fourth-order valence-electron chi connectivity index (χ4n) is 3.19. The molecule has 0 saturated heterocycles. The zero-order chi connectivity index (χ0) is 21.1. The molecule has 0 atom stereocenters. The van der Waals surface area contributed by atoms with Crippen molar-refractivity contribution in [2.75, 3.05) is 11.9 Å². The molecule has 0 aromatic heterocycles. The van der Waals surface area contributed by atoms with Crippen LogP contribution in [0.5, 0.6) is 0 Å². The zero-order valence-corrected chi connectivity index (χ0v) is 19.4. The van der Waals surface area contributed by atoms with E-state index in [-0.39, 0.29) is 12.5 Å². The molecule has 4 rings (SSSR count). The maximum atomic E-state index is 12.1. The number of hydrogen-bond donors (Lipinski definition) is 2. The van der Waals surface area contributed by atoms with Crippen molar-refractivity contribution >= 4 is 71.2 Å². The summed E-state index contributed by atoms with van der Waals surface area (Å²) in [6, 6.07) is 22.6. The molecule has 0 unspecified atom stereocenters. The number of hydrazone groups is 1. The monoisotopic (exact) mass is 523 g/mol. The van der Waals surface area contributed by atoms with Crippen LogP contribution in [0.25, 0.3) is 21.5 Å². The fraction of sp³-hybridized carbons (Fsp3) is 0.0833. The predicted octanol–water partition coefficient (Wildman–Crippen LogP) is 6.39. The number of nitrogens with zero attached hydrogens (tertiary/aromatic N) is 1. The highest BCUT2D eigenvalue weighted by Gasteiger charge is 2.04. The van der Waals surface area contributed by atoms with Gasteiger partial charge in [-0.3, -0.25) is 4.79 Å². The number of carbonyl (C=O) groups excluding carboxylic acids is 1. The molecule has 4 nitrogen and oxygen atoms in total. The largest absolute Gasteiger partial charge is 0.376 e. The van der Waals surface area contributed by atoms with E-state index < -0.39 is 0 Å². The first-order chi connectivity index (χ1) is 14.5. The molecule has 0 saturated carbocycles. The van der Waals surface area contributed by atoms with Gasteiger partial charge in [-0.1, -0.05) is 62.2 Å². The zero-order valence-electron chi connectivity index (χ0n) is 16.2. The molecule has 6 heteroatoms. The smallest absolute Gasteiger partial charge is 0.259 e. The van der Waals surface area contributed by atoms with E-state index in [2.05, 4.69) is 84.1 Å². The van der Waals surface area contributed by atoms with Gasteiger partial charge < -0.3 is 5.32 Å². The van der Waals surface area contributed by atoms with Crippen molar-refractivity contribution in [2.45, 2.75) is 6.92 Å². The van der Waals surface area contributed by atoms with Crippen molar-refractivity contribution in [1.29, 1.82) is 0 Å². The number of rotatable bonds is 5. The van der Waals surface area contributed by atoms with Gasteiger partial charge in [-0.25, -0.2) is 5.43 Å². The second-order valence-corrected chi connectivity index (χ2v) is 8.73. The van der Waals surface area contributed by atoms with Gasteiger partial charge in [0.05, 0.1) is 12.8 Å². The Bertz CT molecular complexity index is 1260. The van der Waals surface area contributed by atoms with E-state index in [1.54, 1.807) is 6.21 Å². The molecule has 0 aliphatic heterocycles. The summed E-state index contributed by atoms with van der Waals surface area (Å²) in [5, 5.41) is 11.9. The lowest BCUT2D eigenvalue weighted by molar-refractivity contribution is -0.119. The van der Waals surface area contributed by atoms with E-state index in [1.165, 1.54) is 16.2 Å². The minimum atomic E-state index is -0.213. The van der Waals surface area contributed by atoms with Crippen LogP contribution in [0.2, 0.25) is 0 Å². The molecule has 0 spiro atoms. The van der Waals surface area contributed by atoms with Gasteiger partial charge in [-0.15, -0.1) is 0 Å². The molecule has 4 aromatic rings. The van der Waals surface area contributed by atoms with Crippen LogP contribution >= 0.6 is 31.9 Å². The first-order valence-electron chi connectivity index (χ1n) is 9.43. The Hall–Kier alpha value is -2.70. The van der Waals surface area contributed by atoms with Crippen LogP contribution in [0.15, 0.2) is 80.8 Å². The average Bonchev–Trinajstić information content (AvgIpc) is 2.74. The van der Waals surface area contributed by atoms with Crippen LogP contribution in [-0.2, 0) is 4.79 Å². The lowest BCUT2D eigenvalue weighted by Gasteiger charge is -2.08. The van der Waals surface area contributed by atoms with Crippen LogP contribution in [0, 0.1) is 6.92 Å². The minimum absolute atomic E-state index is 0.137. The van der Waals surface area contributed by atoms with Crippen molar-refractivity contribution in [3.05, 3.63) is 86.8 Å². The number of benzene rings is 4. The van der Waals surface area contributed by atoms with Crippen molar-refractivity contribution in [2.24, 2.45) is 5.10 Å². The molecule has 2 N–H and O–H groups in total. The number of nitrogens with one attached hydrogen (secondary N) is 2. The molecule has 150 valence electrons. The van der Waals surface area contributed by atoms with Gasteiger partial charge in [0.25, 0.3) is 5.91 Å². The Morgan fingerprint density at radius 3 is 2.23 bits per heavy atom.